The number of hydrogen-bond donors (Lipinski definition) is 2. The second-order valence-corrected chi connectivity index (χ2v) is 3.29. The Morgan fingerprint density at radius 1 is 1.64 bits per heavy atom. The molecule has 0 spiro atoms. The van der Waals surface area contributed by atoms with Crippen molar-refractivity contribution in [3.63, 3.8) is 0 Å². The highest BCUT2D eigenvalue weighted by Crippen LogP contribution is 1.94. The minimum absolute atomic E-state index is 0.433. The van der Waals surface area contributed by atoms with Crippen LogP contribution in [-0.4, -0.2) is 28.5 Å². The van der Waals surface area contributed by atoms with Gasteiger partial charge < -0.3 is 10.6 Å². The SMILES string of the molecule is CC1CN=C(NCc2ccncn2)N1. The smallest absolute Gasteiger partial charge is 0.191 e. The van der Waals surface area contributed by atoms with E-state index in [9.17, 15) is 0 Å². The molecule has 0 aromatic carbocycles. The van der Waals surface area contributed by atoms with E-state index in [4.69, 9.17) is 0 Å². The summed E-state index contributed by atoms with van der Waals surface area (Å²) in [5, 5.41) is 6.40. The zero-order valence-electron chi connectivity index (χ0n) is 8.07. The molecular weight excluding hydrogens is 178 g/mol. The van der Waals surface area contributed by atoms with E-state index in [-0.39, 0.29) is 0 Å². The third-order valence-corrected chi connectivity index (χ3v) is 1.99. The van der Waals surface area contributed by atoms with E-state index in [1.807, 2.05) is 6.07 Å². The van der Waals surface area contributed by atoms with Crippen molar-refractivity contribution in [1.82, 2.24) is 20.6 Å². The topological polar surface area (TPSA) is 62.2 Å². The predicted octanol–water partition coefficient (Wildman–Crippen LogP) is -0.0861. The number of aliphatic imine (C=N–C) groups is 1. The van der Waals surface area contributed by atoms with Crippen molar-refractivity contribution in [2.75, 3.05) is 6.54 Å². The van der Waals surface area contributed by atoms with Gasteiger partial charge in [-0.2, -0.15) is 0 Å². The lowest BCUT2D eigenvalue weighted by atomic mass is 10.4. The second-order valence-electron chi connectivity index (χ2n) is 3.29. The Bertz CT molecular complexity index is 321. The van der Waals surface area contributed by atoms with Crippen LogP contribution < -0.4 is 10.6 Å². The fraction of sp³-hybridized carbons (Fsp3) is 0.444. The van der Waals surface area contributed by atoms with E-state index in [1.54, 1.807) is 12.5 Å². The molecule has 1 aliphatic rings. The summed E-state index contributed by atoms with van der Waals surface area (Å²) in [6.45, 7) is 3.62. The van der Waals surface area contributed by atoms with Gasteiger partial charge in [-0.15, -0.1) is 0 Å². The second kappa shape index (κ2) is 4.04. The molecule has 0 radical (unpaired) electrons. The molecule has 0 bridgehead atoms. The maximum absolute atomic E-state index is 4.28. The fourth-order valence-electron chi connectivity index (χ4n) is 1.26. The standard InChI is InChI=1S/C9H13N5/c1-7-4-11-9(14-7)12-5-8-2-3-10-6-13-8/h2-3,6-7H,4-5H2,1H3,(H2,11,12,14). The minimum atomic E-state index is 0.433. The van der Waals surface area contributed by atoms with Crippen LogP contribution in [0, 0.1) is 0 Å². The summed E-state index contributed by atoms with van der Waals surface area (Å²) in [7, 11) is 0. The van der Waals surface area contributed by atoms with Crippen LogP contribution in [0.3, 0.4) is 0 Å². The van der Waals surface area contributed by atoms with Gasteiger partial charge in [0.15, 0.2) is 5.96 Å². The predicted molar refractivity (Wildman–Crippen MR) is 53.8 cm³/mol. The van der Waals surface area contributed by atoms with E-state index in [2.05, 4.69) is 32.5 Å². The van der Waals surface area contributed by atoms with E-state index in [1.165, 1.54) is 0 Å². The summed E-state index contributed by atoms with van der Waals surface area (Å²) in [4.78, 5) is 12.2. The van der Waals surface area contributed by atoms with Gasteiger partial charge in [-0.3, -0.25) is 4.99 Å². The van der Waals surface area contributed by atoms with E-state index >= 15 is 0 Å². The summed E-state index contributed by atoms with van der Waals surface area (Å²) < 4.78 is 0. The first-order chi connectivity index (χ1) is 6.84. The monoisotopic (exact) mass is 191 g/mol. The average Bonchev–Trinajstić information content (AvgIpc) is 2.63. The first kappa shape index (κ1) is 8.93. The molecule has 5 nitrogen and oxygen atoms in total. The van der Waals surface area contributed by atoms with Crippen molar-refractivity contribution < 1.29 is 0 Å². The molecule has 74 valence electrons. The maximum atomic E-state index is 4.28. The molecule has 2 heterocycles. The molecule has 1 unspecified atom stereocenters. The van der Waals surface area contributed by atoms with Gasteiger partial charge in [-0.1, -0.05) is 0 Å². The van der Waals surface area contributed by atoms with Gasteiger partial charge >= 0.3 is 0 Å². The molecule has 0 fully saturated rings. The zero-order chi connectivity index (χ0) is 9.80. The van der Waals surface area contributed by atoms with Crippen LogP contribution in [0.2, 0.25) is 0 Å². The Hall–Kier alpha value is -1.65. The molecule has 1 atom stereocenters. The Morgan fingerprint density at radius 3 is 3.21 bits per heavy atom. The van der Waals surface area contributed by atoms with E-state index < -0.39 is 0 Å². The van der Waals surface area contributed by atoms with E-state index in [0.29, 0.717) is 12.6 Å². The summed E-state index contributed by atoms with van der Waals surface area (Å²) in [6, 6.07) is 2.31. The number of nitrogens with one attached hydrogen (secondary N) is 2. The van der Waals surface area contributed by atoms with Gasteiger partial charge in [0.05, 0.1) is 18.8 Å². The number of guanidine groups is 1. The fourth-order valence-corrected chi connectivity index (χ4v) is 1.26. The van der Waals surface area contributed by atoms with Crippen LogP contribution >= 0.6 is 0 Å². The third-order valence-electron chi connectivity index (χ3n) is 1.99. The van der Waals surface area contributed by atoms with Crippen LogP contribution in [-0.2, 0) is 6.54 Å². The van der Waals surface area contributed by atoms with Gasteiger partial charge in [-0.05, 0) is 13.0 Å². The molecule has 1 aromatic rings. The molecule has 0 saturated heterocycles. The molecule has 5 heteroatoms. The first-order valence-corrected chi connectivity index (χ1v) is 4.64. The minimum Gasteiger partial charge on any atom is -0.352 e. The molecule has 2 N–H and O–H groups in total. The van der Waals surface area contributed by atoms with Crippen molar-refractivity contribution in [2.45, 2.75) is 19.5 Å². The van der Waals surface area contributed by atoms with Crippen molar-refractivity contribution in [2.24, 2.45) is 4.99 Å². The van der Waals surface area contributed by atoms with Crippen LogP contribution in [0.15, 0.2) is 23.6 Å². The Kier molecular flexibility index (Phi) is 2.58. The Labute approximate surface area is 82.7 Å². The van der Waals surface area contributed by atoms with E-state index in [0.717, 1.165) is 18.2 Å². The average molecular weight is 191 g/mol. The highest BCUT2D eigenvalue weighted by Gasteiger charge is 2.11. The molecule has 2 rings (SSSR count). The van der Waals surface area contributed by atoms with Crippen molar-refractivity contribution in [1.29, 1.82) is 0 Å². The number of rotatable bonds is 2. The molecule has 0 saturated carbocycles. The van der Waals surface area contributed by atoms with Crippen LogP contribution in [0.4, 0.5) is 0 Å². The molecule has 0 amide bonds. The van der Waals surface area contributed by atoms with Gasteiger partial charge in [-0.25, -0.2) is 9.97 Å². The van der Waals surface area contributed by atoms with Crippen LogP contribution in [0.25, 0.3) is 0 Å². The summed E-state index contributed by atoms with van der Waals surface area (Å²) in [5.74, 6) is 0.858. The van der Waals surface area contributed by atoms with Crippen LogP contribution in [0.5, 0.6) is 0 Å². The number of aromatic nitrogens is 2. The largest absolute Gasteiger partial charge is 0.352 e. The highest BCUT2D eigenvalue weighted by atomic mass is 15.2. The lowest BCUT2D eigenvalue weighted by Crippen LogP contribution is -2.37. The quantitative estimate of drug-likeness (QED) is 0.686. The molecule has 1 aromatic heterocycles. The molecule has 14 heavy (non-hydrogen) atoms. The summed E-state index contributed by atoms with van der Waals surface area (Å²) in [5.41, 5.74) is 0.962. The third kappa shape index (κ3) is 2.18. The molecular formula is C9H13N5. The normalized spacial score (nSPS) is 20.1. The maximum Gasteiger partial charge on any atom is 0.191 e. The number of nitrogens with zero attached hydrogens (tertiary/aromatic N) is 3. The highest BCUT2D eigenvalue weighted by molar-refractivity contribution is 5.81. The Balaban J connectivity index is 1.84. The van der Waals surface area contributed by atoms with Gasteiger partial charge in [0, 0.05) is 12.2 Å². The number of hydrogen-bond acceptors (Lipinski definition) is 5. The van der Waals surface area contributed by atoms with Crippen LogP contribution in [0.1, 0.15) is 12.6 Å². The summed E-state index contributed by atoms with van der Waals surface area (Å²) in [6.07, 6.45) is 3.28. The van der Waals surface area contributed by atoms with Gasteiger partial charge in [0.1, 0.15) is 6.33 Å². The van der Waals surface area contributed by atoms with Crippen molar-refractivity contribution in [3.05, 3.63) is 24.3 Å². The van der Waals surface area contributed by atoms with Gasteiger partial charge in [0.25, 0.3) is 0 Å². The Morgan fingerprint density at radius 2 is 2.57 bits per heavy atom. The van der Waals surface area contributed by atoms with Crippen molar-refractivity contribution >= 4 is 5.96 Å². The lowest BCUT2D eigenvalue weighted by Gasteiger charge is -2.07. The molecule has 1 aliphatic heterocycles. The summed E-state index contributed by atoms with van der Waals surface area (Å²) >= 11 is 0. The molecule has 0 aliphatic carbocycles. The van der Waals surface area contributed by atoms with Crippen molar-refractivity contribution in [3.8, 4) is 0 Å². The zero-order valence-corrected chi connectivity index (χ0v) is 8.07. The van der Waals surface area contributed by atoms with Gasteiger partial charge in [0.2, 0.25) is 0 Å². The lowest BCUT2D eigenvalue weighted by molar-refractivity contribution is 0.711. The first-order valence-electron chi connectivity index (χ1n) is 4.64.